The Labute approximate surface area is 131 Å². The van der Waals surface area contributed by atoms with Crippen molar-refractivity contribution in [2.45, 2.75) is 38.1 Å². The van der Waals surface area contributed by atoms with Crippen molar-refractivity contribution >= 4 is 5.91 Å². The molecule has 1 aromatic carbocycles. The molecule has 0 bridgehead atoms. The first-order valence-corrected chi connectivity index (χ1v) is 7.58. The van der Waals surface area contributed by atoms with Crippen molar-refractivity contribution in [3.05, 3.63) is 35.4 Å². The molecule has 122 valence electrons. The molecular weight excluding hydrogens is 282 g/mol. The number of hydrogen-bond donors (Lipinski definition) is 2. The van der Waals surface area contributed by atoms with E-state index in [1.807, 2.05) is 24.3 Å². The molecule has 6 heteroatoms. The maximum absolute atomic E-state index is 11.9. The van der Waals surface area contributed by atoms with Crippen molar-refractivity contribution in [2.24, 2.45) is 5.84 Å². The van der Waals surface area contributed by atoms with E-state index in [-0.39, 0.29) is 18.2 Å². The Bertz CT molecular complexity index is 474. The summed E-state index contributed by atoms with van der Waals surface area (Å²) >= 11 is 0. The van der Waals surface area contributed by atoms with E-state index in [9.17, 15) is 4.79 Å². The average molecular weight is 307 g/mol. The number of likely N-dealkylation sites (tertiary alicyclic amines) is 1. The second kappa shape index (κ2) is 8.24. The van der Waals surface area contributed by atoms with Gasteiger partial charge in [-0.3, -0.25) is 15.1 Å². The molecule has 1 aromatic rings. The minimum atomic E-state index is -0.347. The number of methoxy groups -OCH3 is 2. The van der Waals surface area contributed by atoms with Crippen LogP contribution >= 0.6 is 0 Å². The van der Waals surface area contributed by atoms with E-state index in [4.69, 9.17) is 15.3 Å². The van der Waals surface area contributed by atoms with Crippen molar-refractivity contribution < 1.29 is 14.3 Å². The number of hydrogen-bond acceptors (Lipinski definition) is 5. The fourth-order valence-corrected chi connectivity index (χ4v) is 2.96. The number of piperidine rings is 1. The zero-order chi connectivity index (χ0) is 15.9. The second-order valence-corrected chi connectivity index (χ2v) is 5.54. The van der Waals surface area contributed by atoms with Gasteiger partial charge in [-0.2, -0.15) is 0 Å². The van der Waals surface area contributed by atoms with Gasteiger partial charge in [-0.05, 0) is 24.9 Å². The lowest BCUT2D eigenvalue weighted by atomic mass is 10.0. The third-order valence-corrected chi connectivity index (χ3v) is 4.12. The molecule has 6 nitrogen and oxygen atoms in total. The van der Waals surface area contributed by atoms with Gasteiger partial charge in [0.2, 0.25) is 0 Å². The molecule has 1 aliphatic heterocycles. The number of carbonyl (C=O) groups is 1. The van der Waals surface area contributed by atoms with Crippen LogP contribution in [0.3, 0.4) is 0 Å². The van der Waals surface area contributed by atoms with Crippen LogP contribution in [0.5, 0.6) is 0 Å². The molecule has 1 aliphatic rings. The number of benzene rings is 1. The summed E-state index contributed by atoms with van der Waals surface area (Å²) < 4.78 is 10.5. The first kappa shape index (κ1) is 16.9. The summed E-state index contributed by atoms with van der Waals surface area (Å²) in [5, 5.41) is 0. The Morgan fingerprint density at radius 2 is 2.00 bits per heavy atom. The number of hydrazine groups is 1. The lowest BCUT2D eigenvalue weighted by Gasteiger charge is -2.34. The van der Waals surface area contributed by atoms with Crippen LogP contribution in [0.2, 0.25) is 0 Å². The molecule has 1 saturated heterocycles. The van der Waals surface area contributed by atoms with E-state index >= 15 is 0 Å². The Morgan fingerprint density at radius 1 is 1.32 bits per heavy atom. The van der Waals surface area contributed by atoms with Crippen LogP contribution < -0.4 is 11.3 Å². The van der Waals surface area contributed by atoms with Gasteiger partial charge in [-0.15, -0.1) is 0 Å². The van der Waals surface area contributed by atoms with Crippen LogP contribution in [-0.4, -0.2) is 37.6 Å². The summed E-state index contributed by atoms with van der Waals surface area (Å²) in [4.78, 5) is 14.1. The van der Waals surface area contributed by atoms with Crippen molar-refractivity contribution in [3.63, 3.8) is 0 Å². The molecule has 22 heavy (non-hydrogen) atoms. The predicted molar refractivity (Wildman–Crippen MR) is 83.6 cm³/mol. The van der Waals surface area contributed by atoms with Crippen LogP contribution in [0, 0.1) is 0 Å². The Hall–Kier alpha value is -1.47. The average Bonchev–Trinajstić information content (AvgIpc) is 2.57. The summed E-state index contributed by atoms with van der Waals surface area (Å²) in [5.74, 6) is 5.19. The molecule has 1 heterocycles. The van der Waals surface area contributed by atoms with Crippen molar-refractivity contribution in [1.82, 2.24) is 10.3 Å². The molecule has 2 rings (SSSR count). The number of amides is 1. The monoisotopic (exact) mass is 307 g/mol. The van der Waals surface area contributed by atoms with Gasteiger partial charge in [0.1, 0.15) is 0 Å². The highest BCUT2D eigenvalue weighted by Crippen LogP contribution is 2.22. The van der Waals surface area contributed by atoms with Gasteiger partial charge in [0.05, 0.1) is 6.04 Å². The van der Waals surface area contributed by atoms with Gasteiger partial charge in [-0.1, -0.05) is 30.7 Å². The highest BCUT2D eigenvalue weighted by Gasteiger charge is 2.28. The first-order chi connectivity index (χ1) is 10.7. The largest absolute Gasteiger partial charge is 0.352 e. The summed E-state index contributed by atoms with van der Waals surface area (Å²) in [7, 11) is 3.23. The summed E-state index contributed by atoms with van der Waals surface area (Å²) in [6.45, 7) is 1.65. The topological polar surface area (TPSA) is 76.8 Å². The fourth-order valence-electron chi connectivity index (χ4n) is 2.96. The number of nitrogens with zero attached hydrogens (tertiary/aromatic N) is 1. The number of nitrogens with two attached hydrogens (primary N) is 1. The second-order valence-electron chi connectivity index (χ2n) is 5.54. The number of nitrogens with one attached hydrogen (secondary N) is 1. The predicted octanol–water partition coefficient (Wildman–Crippen LogP) is 1.32. The first-order valence-electron chi connectivity index (χ1n) is 7.58. The van der Waals surface area contributed by atoms with E-state index < -0.39 is 0 Å². The third kappa shape index (κ3) is 4.04. The van der Waals surface area contributed by atoms with E-state index in [1.165, 1.54) is 0 Å². The molecule has 1 unspecified atom stereocenters. The molecule has 3 N–H and O–H groups in total. The van der Waals surface area contributed by atoms with Crippen LogP contribution in [0.1, 0.15) is 36.7 Å². The van der Waals surface area contributed by atoms with Gasteiger partial charge in [0.25, 0.3) is 5.91 Å². The smallest absolute Gasteiger partial charge is 0.251 e. The van der Waals surface area contributed by atoms with Gasteiger partial charge < -0.3 is 9.47 Å². The Kier molecular flexibility index (Phi) is 6.33. The van der Waals surface area contributed by atoms with Gasteiger partial charge in [0, 0.05) is 26.3 Å². The number of carbonyl (C=O) groups excluding carboxylic acids is 1. The third-order valence-electron chi connectivity index (χ3n) is 4.12. The zero-order valence-corrected chi connectivity index (χ0v) is 13.2. The Morgan fingerprint density at radius 3 is 2.59 bits per heavy atom. The van der Waals surface area contributed by atoms with E-state index in [2.05, 4.69) is 10.3 Å². The van der Waals surface area contributed by atoms with Crippen LogP contribution in [-0.2, 0) is 20.8 Å². The van der Waals surface area contributed by atoms with E-state index in [0.29, 0.717) is 0 Å². The summed E-state index contributed by atoms with van der Waals surface area (Å²) in [6, 6.07) is 7.95. The van der Waals surface area contributed by atoms with Crippen LogP contribution in [0.15, 0.2) is 24.3 Å². The zero-order valence-electron chi connectivity index (χ0n) is 13.2. The molecule has 1 atom stereocenters. The fraction of sp³-hybridized carbons (Fsp3) is 0.562. The standard InChI is InChI=1S/C16H25N3O3/c1-21-16(22-2)13-8-6-12(7-9-13)11-19-10-4-3-5-14(19)15(20)18-17/h6-9,14,16H,3-5,10-11,17H2,1-2H3,(H,18,20). The normalized spacial score (nSPS) is 19.4. The SMILES string of the molecule is COC(OC)c1ccc(CN2CCCCC2C(=O)NN)cc1. The molecule has 1 fully saturated rings. The van der Waals surface area contributed by atoms with Crippen LogP contribution in [0.4, 0.5) is 0 Å². The van der Waals surface area contributed by atoms with Gasteiger partial charge >= 0.3 is 0 Å². The Balaban J connectivity index is 2.04. The summed E-state index contributed by atoms with van der Waals surface area (Å²) in [6.07, 6.45) is 2.69. The minimum Gasteiger partial charge on any atom is -0.352 e. The molecule has 0 radical (unpaired) electrons. The summed E-state index contributed by atoms with van der Waals surface area (Å²) in [5.41, 5.74) is 4.41. The van der Waals surface area contributed by atoms with Crippen molar-refractivity contribution in [2.75, 3.05) is 20.8 Å². The molecular formula is C16H25N3O3. The number of ether oxygens (including phenoxy) is 2. The van der Waals surface area contributed by atoms with Crippen molar-refractivity contribution in [1.29, 1.82) is 0 Å². The maximum Gasteiger partial charge on any atom is 0.251 e. The molecule has 0 saturated carbocycles. The minimum absolute atomic E-state index is 0.102. The lowest BCUT2D eigenvalue weighted by molar-refractivity contribution is -0.128. The van der Waals surface area contributed by atoms with E-state index in [1.54, 1.807) is 14.2 Å². The van der Waals surface area contributed by atoms with Gasteiger partial charge in [-0.25, -0.2) is 5.84 Å². The van der Waals surface area contributed by atoms with Crippen molar-refractivity contribution in [3.8, 4) is 0 Å². The maximum atomic E-state index is 11.9. The molecule has 1 amide bonds. The van der Waals surface area contributed by atoms with Gasteiger partial charge in [0.15, 0.2) is 6.29 Å². The molecule has 0 aliphatic carbocycles. The number of rotatable bonds is 6. The van der Waals surface area contributed by atoms with E-state index in [0.717, 1.165) is 43.5 Å². The molecule has 0 spiro atoms. The highest BCUT2D eigenvalue weighted by atomic mass is 16.7. The van der Waals surface area contributed by atoms with Crippen LogP contribution in [0.25, 0.3) is 0 Å². The highest BCUT2D eigenvalue weighted by molar-refractivity contribution is 5.81. The lowest BCUT2D eigenvalue weighted by Crippen LogP contribution is -2.50. The quantitative estimate of drug-likeness (QED) is 0.359. The molecule has 0 aromatic heterocycles.